The third kappa shape index (κ3) is 4.71. The Morgan fingerprint density at radius 2 is 1.92 bits per heavy atom. The summed E-state index contributed by atoms with van der Waals surface area (Å²) in [6, 6.07) is 12.0. The maximum absolute atomic E-state index is 12.4. The molecule has 3 rings (SSSR count). The number of anilines is 1. The Balaban J connectivity index is 1.50. The van der Waals surface area contributed by atoms with Crippen LogP contribution in [0.1, 0.15) is 32.3 Å². The Labute approximate surface area is 155 Å². The molecule has 1 atom stereocenters. The number of nitrogens with one attached hydrogen (secondary N) is 2. The van der Waals surface area contributed by atoms with Gasteiger partial charge in [0.2, 0.25) is 5.95 Å². The minimum atomic E-state index is -0.116. The third-order valence-electron chi connectivity index (χ3n) is 4.84. The smallest absolute Gasteiger partial charge is 0.315 e. The number of hydrogen-bond donors (Lipinski definition) is 2. The van der Waals surface area contributed by atoms with Crippen LogP contribution < -0.4 is 15.5 Å². The fourth-order valence-corrected chi connectivity index (χ4v) is 3.26. The van der Waals surface area contributed by atoms with Gasteiger partial charge in [-0.1, -0.05) is 44.2 Å². The molecule has 1 unspecified atom stereocenters. The SMILES string of the molecule is CC(C)(CNC(=O)NC1CCCN(c2ncccn2)C1)c1ccccc1. The van der Waals surface area contributed by atoms with Crippen LogP contribution in [0.4, 0.5) is 10.7 Å². The summed E-state index contributed by atoms with van der Waals surface area (Å²) in [5.41, 5.74) is 1.10. The molecule has 138 valence electrons. The van der Waals surface area contributed by atoms with Crippen molar-refractivity contribution < 1.29 is 4.79 Å². The lowest BCUT2D eigenvalue weighted by Gasteiger charge is -2.33. The number of amides is 2. The predicted octanol–water partition coefficient (Wildman–Crippen LogP) is 2.72. The van der Waals surface area contributed by atoms with E-state index >= 15 is 0 Å². The Morgan fingerprint density at radius 3 is 2.65 bits per heavy atom. The number of carbonyl (C=O) groups excluding carboxylic acids is 1. The highest BCUT2D eigenvalue weighted by molar-refractivity contribution is 5.74. The molecule has 2 N–H and O–H groups in total. The molecule has 1 saturated heterocycles. The van der Waals surface area contributed by atoms with E-state index in [1.54, 1.807) is 12.4 Å². The molecule has 0 radical (unpaired) electrons. The summed E-state index contributed by atoms with van der Waals surface area (Å²) in [6.07, 6.45) is 5.48. The van der Waals surface area contributed by atoms with Crippen molar-refractivity contribution in [3.63, 3.8) is 0 Å². The van der Waals surface area contributed by atoms with Gasteiger partial charge in [-0.25, -0.2) is 14.8 Å². The first-order valence-electron chi connectivity index (χ1n) is 9.16. The molecule has 1 aliphatic heterocycles. The second-order valence-corrected chi connectivity index (χ2v) is 7.41. The molecule has 1 aromatic heterocycles. The average molecular weight is 353 g/mol. The molecule has 0 saturated carbocycles. The summed E-state index contributed by atoms with van der Waals surface area (Å²) in [7, 11) is 0. The lowest BCUT2D eigenvalue weighted by atomic mass is 9.85. The molecule has 0 bridgehead atoms. The molecule has 26 heavy (non-hydrogen) atoms. The highest BCUT2D eigenvalue weighted by Gasteiger charge is 2.25. The first-order chi connectivity index (χ1) is 12.5. The standard InChI is InChI=1S/C20H27N5O/c1-20(2,16-8-4-3-5-9-16)15-23-19(26)24-17-10-6-13-25(14-17)18-21-11-7-12-22-18/h3-5,7-9,11-12,17H,6,10,13-15H2,1-2H3,(H2,23,24,26). The highest BCUT2D eigenvalue weighted by Crippen LogP contribution is 2.21. The van der Waals surface area contributed by atoms with Gasteiger partial charge in [-0.05, 0) is 24.5 Å². The second kappa shape index (κ2) is 8.17. The van der Waals surface area contributed by atoms with Crippen molar-refractivity contribution in [2.45, 2.75) is 38.1 Å². The summed E-state index contributed by atoms with van der Waals surface area (Å²) >= 11 is 0. The molecule has 2 amide bonds. The van der Waals surface area contributed by atoms with Crippen LogP contribution in [0.5, 0.6) is 0 Å². The van der Waals surface area contributed by atoms with E-state index in [0.29, 0.717) is 6.54 Å². The lowest BCUT2D eigenvalue weighted by Crippen LogP contribution is -2.52. The first-order valence-corrected chi connectivity index (χ1v) is 9.16. The fourth-order valence-electron chi connectivity index (χ4n) is 3.26. The fraction of sp³-hybridized carbons (Fsp3) is 0.450. The van der Waals surface area contributed by atoms with Crippen LogP contribution in [0.3, 0.4) is 0 Å². The largest absolute Gasteiger partial charge is 0.339 e. The molecular formula is C20H27N5O. The number of urea groups is 1. The van der Waals surface area contributed by atoms with Crippen LogP contribution in [0.2, 0.25) is 0 Å². The predicted molar refractivity (Wildman–Crippen MR) is 103 cm³/mol. The van der Waals surface area contributed by atoms with Gasteiger partial charge in [0.25, 0.3) is 0 Å². The van der Waals surface area contributed by atoms with Gasteiger partial charge >= 0.3 is 6.03 Å². The Kier molecular flexibility index (Phi) is 5.71. The van der Waals surface area contributed by atoms with E-state index in [2.05, 4.69) is 51.5 Å². The quantitative estimate of drug-likeness (QED) is 0.867. The average Bonchev–Trinajstić information content (AvgIpc) is 2.68. The van der Waals surface area contributed by atoms with Gasteiger partial charge in [0.1, 0.15) is 0 Å². The van der Waals surface area contributed by atoms with Crippen molar-refractivity contribution >= 4 is 12.0 Å². The number of carbonyl (C=O) groups is 1. The zero-order valence-electron chi connectivity index (χ0n) is 15.5. The van der Waals surface area contributed by atoms with Crippen LogP contribution in [-0.2, 0) is 5.41 Å². The van der Waals surface area contributed by atoms with E-state index < -0.39 is 0 Å². The monoisotopic (exact) mass is 353 g/mol. The van der Waals surface area contributed by atoms with Gasteiger partial charge in [0, 0.05) is 43.5 Å². The number of nitrogens with zero attached hydrogens (tertiary/aromatic N) is 3. The Morgan fingerprint density at radius 1 is 1.19 bits per heavy atom. The van der Waals surface area contributed by atoms with Crippen LogP contribution in [0.25, 0.3) is 0 Å². The van der Waals surface area contributed by atoms with Crippen molar-refractivity contribution in [1.82, 2.24) is 20.6 Å². The zero-order valence-corrected chi connectivity index (χ0v) is 15.5. The van der Waals surface area contributed by atoms with Crippen LogP contribution >= 0.6 is 0 Å². The van der Waals surface area contributed by atoms with Crippen LogP contribution in [0.15, 0.2) is 48.8 Å². The first kappa shape index (κ1) is 18.2. The van der Waals surface area contributed by atoms with Gasteiger partial charge in [0.15, 0.2) is 0 Å². The number of rotatable bonds is 5. The maximum atomic E-state index is 12.4. The summed E-state index contributed by atoms with van der Waals surface area (Å²) < 4.78 is 0. The second-order valence-electron chi connectivity index (χ2n) is 7.41. The summed E-state index contributed by atoms with van der Waals surface area (Å²) in [5.74, 6) is 0.726. The highest BCUT2D eigenvalue weighted by atomic mass is 16.2. The van der Waals surface area contributed by atoms with Crippen molar-refractivity contribution in [2.75, 3.05) is 24.5 Å². The van der Waals surface area contributed by atoms with Crippen molar-refractivity contribution in [1.29, 1.82) is 0 Å². The summed E-state index contributed by atoms with van der Waals surface area (Å²) in [4.78, 5) is 23.1. The van der Waals surface area contributed by atoms with Crippen LogP contribution in [0, 0.1) is 0 Å². The Hall–Kier alpha value is -2.63. The summed E-state index contributed by atoms with van der Waals surface area (Å²) in [5, 5.41) is 6.12. The van der Waals surface area contributed by atoms with E-state index in [0.717, 1.165) is 31.9 Å². The molecule has 1 fully saturated rings. The molecule has 0 spiro atoms. The van der Waals surface area contributed by atoms with Gasteiger partial charge in [-0.15, -0.1) is 0 Å². The van der Waals surface area contributed by atoms with E-state index in [9.17, 15) is 4.79 Å². The van der Waals surface area contributed by atoms with Crippen molar-refractivity contribution in [2.24, 2.45) is 0 Å². The number of piperidine rings is 1. The number of benzene rings is 1. The third-order valence-corrected chi connectivity index (χ3v) is 4.84. The van der Waals surface area contributed by atoms with E-state index in [1.807, 2.05) is 24.3 Å². The van der Waals surface area contributed by atoms with E-state index in [4.69, 9.17) is 0 Å². The molecule has 2 heterocycles. The lowest BCUT2D eigenvalue weighted by molar-refractivity contribution is 0.232. The van der Waals surface area contributed by atoms with Crippen molar-refractivity contribution in [3.8, 4) is 0 Å². The minimum absolute atomic E-state index is 0.104. The van der Waals surface area contributed by atoms with Gasteiger partial charge in [0.05, 0.1) is 0 Å². The van der Waals surface area contributed by atoms with E-state index in [-0.39, 0.29) is 17.5 Å². The van der Waals surface area contributed by atoms with Gasteiger partial charge in [-0.3, -0.25) is 0 Å². The molecule has 0 aliphatic carbocycles. The number of hydrogen-bond acceptors (Lipinski definition) is 4. The van der Waals surface area contributed by atoms with Gasteiger partial charge < -0.3 is 15.5 Å². The van der Waals surface area contributed by atoms with Crippen molar-refractivity contribution in [3.05, 3.63) is 54.4 Å². The molecule has 6 heteroatoms. The summed E-state index contributed by atoms with van der Waals surface area (Å²) in [6.45, 7) is 6.51. The van der Waals surface area contributed by atoms with Crippen LogP contribution in [-0.4, -0.2) is 41.7 Å². The topological polar surface area (TPSA) is 70.2 Å². The Bertz CT molecular complexity index is 705. The number of aromatic nitrogens is 2. The molecule has 6 nitrogen and oxygen atoms in total. The minimum Gasteiger partial charge on any atom is -0.339 e. The molecular weight excluding hydrogens is 326 g/mol. The molecule has 2 aromatic rings. The molecule has 1 aliphatic rings. The zero-order chi connectivity index (χ0) is 18.4. The van der Waals surface area contributed by atoms with E-state index in [1.165, 1.54) is 5.56 Å². The van der Waals surface area contributed by atoms with Gasteiger partial charge in [-0.2, -0.15) is 0 Å². The molecule has 1 aromatic carbocycles. The maximum Gasteiger partial charge on any atom is 0.315 e. The normalized spacial score (nSPS) is 17.6.